The summed E-state index contributed by atoms with van der Waals surface area (Å²) < 4.78 is 11.9. The smallest absolute Gasteiger partial charge is 0.219 e. The molecular weight excluding hydrogens is 264 g/mol. The van der Waals surface area contributed by atoms with Gasteiger partial charge in [-0.3, -0.25) is 0 Å². The first-order valence-electron chi connectivity index (χ1n) is 7.16. The number of ether oxygens (including phenoxy) is 2. The molecule has 0 atom stereocenters. The Hall–Kier alpha value is -2.07. The third-order valence-electron chi connectivity index (χ3n) is 3.45. The van der Waals surface area contributed by atoms with Gasteiger partial charge in [0.2, 0.25) is 5.88 Å². The van der Waals surface area contributed by atoms with Crippen molar-refractivity contribution in [2.24, 2.45) is 0 Å². The number of fused-ring (bicyclic) bond motifs is 1. The predicted octanol–water partition coefficient (Wildman–Crippen LogP) is 3.31. The van der Waals surface area contributed by atoms with Gasteiger partial charge < -0.3 is 14.8 Å². The first-order valence-corrected chi connectivity index (χ1v) is 7.16. The zero-order valence-electron chi connectivity index (χ0n) is 12.6. The highest BCUT2D eigenvalue weighted by atomic mass is 16.5. The van der Waals surface area contributed by atoms with Gasteiger partial charge in [-0.2, -0.15) is 0 Å². The molecule has 3 rings (SSSR count). The summed E-state index contributed by atoms with van der Waals surface area (Å²) in [6, 6.07) is 9.89. The number of aromatic nitrogens is 1. The molecule has 110 valence electrons. The second kappa shape index (κ2) is 5.37. The van der Waals surface area contributed by atoms with Crippen LogP contribution >= 0.6 is 0 Å². The van der Waals surface area contributed by atoms with Gasteiger partial charge in [-0.1, -0.05) is 18.2 Å². The Morgan fingerprint density at radius 1 is 1.29 bits per heavy atom. The minimum absolute atomic E-state index is 0.175. The van der Waals surface area contributed by atoms with E-state index in [1.807, 2.05) is 37.5 Å². The van der Waals surface area contributed by atoms with Gasteiger partial charge in [0.15, 0.2) is 11.5 Å². The summed E-state index contributed by atoms with van der Waals surface area (Å²) in [5, 5.41) is 3.10. The predicted molar refractivity (Wildman–Crippen MR) is 81.9 cm³/mol. The maximum absolute atomic E-state index is 6.00. The fourth-order valence-electron chi connectivity index (χ4n) is 2.56. The minimum Gasteiger partial charge on any atom is -0.483 e. The standard InChI is InChI=1S/C17H20N2O2/c1-17(2)9-13-5-4-6-14(16(13)21-17)20-15-8-7-12(10-18-3)11-19-15/h4-8,11,18H,9-10H2,1-3H3. The number of nitrogens with zero attached hydrogens (tertiary/aromatic N) is 1. The molecule has 0 unspecified atom stereocenters. The van der Waals surface area contributed by atoms with Crippen molar-refractivity contribution in [3.63, 3.8) is 0 Å². The first-order chi connectivity index (χ1) is 10.1. The molecule has 1 aromatic carbocycles. The normalized spacial score (nSPS) is 15.4. The largest absolute Gasteiger partial charge is 0.483 e. The van der Waals surface area contributed by atoms with Crippen molar-refractivity contribution in [3.8, 4) is 17.4 Å². The highest BCUT2D eigenvalue weighted by molar-refractivity contribution is 5.51. The number of rotatable bonds is 4. The maximum Gasteiger partial charge on any atom is 0.219 e. The number of para-hydroxylation sites is 1. The monoisotopic (exact) mass is 284 g/mol. The van der Waals surface area contributed by atoms with Gasteiger partial charge >= 0.3 is 0 Å². The van der Waals surface area contributed by atoms with Gasteiger partial charge in [0.25, 0.3) is 0 Å². The Labute approximate surface area is 125 Å². The summed E-state index contributed by atoms with van der Waals surface area (Å²) in [6.07, 6.45) is 2.72. The molecule has 1 aliphatic rings. The van der Waals surface area contributed by atoms with E-state index in [0.29, 0.717) is 5.88 Å². The molecule has 2 aromatic rings. The summed E-state index contributed by atoms with van der Waals surface area (Å²) in [5.41, 5.74) is 2.14. The quantitative estimate of drug-likeness (QED) is 0.935. The molecule has 0 fully saturated rings. The topological polar surface area (TPSA) is 43.4 Å². The van der Waals surface area contributed by atoms with Gasteiger partial charge in [0, 0.05) is 30.8 Å². The molecule has 0 aliphatic carbocycles. The molecular formula is C17H20N2O2. The first kappa shape index (κ1) is 13.9. The molecule has 0 amide bonds. The van der Waals surface area contributed by atoms with Crippen LogP contribution in [0, 0.1) is 0 Å². The lowest BCUT2D eigenvalue weighted by Gasteiger charge is -2.18. The average molecular weight is 284 g/mol. The number of benzene rings is 1. The van der Waals surface area contributed by atoms with E-state index in [2.05, 4.69) is 30.2 Å². The molecule has 1 N–H and O–H groups in total. The molecule has 4 nitrogen and oxygen atoms in total. The summed E-state index contributed by atoms with van der Waals surface area (Å²) in [5.74, 6) is 2.15. The molecule has 4 heteroatoms. The van der Waals surface area contributed by atoms with Crippen LogP contribution in [0.2, 0.25) is 0 Å². The number of nitrogens with one attached hydrogen (secondary N) is 1. The minimum atomic E-state index is -0.175. The molecule has 21 heavy (non-hydrogen) atoms. The van der Waals surface area contributed by atoms with Crippen molar-refractivity contribution >= 4 is 0 Å². The van der Waals surface area contributed by atoms with Gasteiger partial charge in [-0.25, -0.2) is 4.98 Å². The molecule has 0 spiro atoms. The van der Waals surface area contributed by atoms with Crippen molar-refractivity contribution in [1.82, 2.24) is 10.3 Å². The second-order valence-corrected chi connectivity index (χ2v) is 5.92. The Balaban J connectivity index is 1.82. The van der Waals surface area contributed by atoms with Crippen molar-refractivity contribution in [2.75, 3.05) is 7.05 Å². The van der Waals surface area contributed by atoms with E-state index in [-0.39, 0.29) is 5.60 Å². The van der Waals surface area contributed by atoms with Crippen molar-refractivity contribution in [3.05, 3.63) is 47.7 Å². The van der Waals surface area contributed by atoms with Gasteiger partial charge in [-0.15, -0.1) is 0 Å². The van der Waals surface area contributed by atoms with Crippen molar-refractivity contribution in [1.29, 1.82) is 0 Å². The molecule has 0 saturated heterocycles. The number of pyridine rings is 1. The molecule has 1 aromatic heterocycles. The van der Waals surface area contributed by atoms with E-state index in [4.69, 9.17) is 9.47 Å². The van der Waals surface area contributed by atoms with Crippen LogP contribution in [0.4, 0.5) is 0 Å². The van der Waals surface area contributed by atoms with E-state index in [1.165, 1.54) is 5.56 Å². The third kappa shape index (κ3) is 3.00. The van der Waals surface area contributed by atoms with Crippen molar-refractivity contribution < 1.29 is 9.47 Å². The fraction of sp³-hybridized carbons (Fsp3) is 0.353. The zero-order chi connectivity index (χ0) is 14.9. The second-order valence-electron chi connectivity index (χ2n) is 5.92. The Kier molecular flexibility index (Phi) is 3.55. The van der Waals surface area contributed by atoms with E-state index >= 15 is 0 Å². The van der Waals surface area contributed by atoms with Gasteiger partial charge in [-0.05, 0) is 32.5 Å². The van der Waals surface area contributed by atoms with Crippen molar-refractivity contribution in [2.45, 2.75) is 32.4 Å². The van der Waals surface area contributed by atoms with Gasteiger partial charge in [0.1, 0.15) is 5.60 Å². The summed E-state index contributed by atoms with van der Waals surface area (Å²) >= 11 is 0. The van der Waals surface area contributed by atoms with Crippen LogP contribution in [0.3, 0.4) is 0 Å². The number of hydrogen-bond donors (Lipinski definition) is 1. The molecule has 1 aliphatic heterocycles. The highest BCUT2D eigenvalue weighted by Crippen LogP contribution is 2.42. The highest BCUT2D eigenvalue weighted by Gasteiger charge is 2.32. The third-order valence-corrected chi connectivity index (χ3v) is 3.45. The lowest BCUT2D eigenvalue weighted by atomic mass is 10.0. The van der Waals surface area contributed by atoms with E-state index in [9.17, 15) is 0 Å². The lowest BCUT2D eigenvalue weighted by molar-refractivity contribution is 0.135. The van der Waals surface area contributed by atoms with E-state index < -0.39 is 0 Å². The Morgan fingerprint density at radius 3 is 2.86 bits per heavy atom. The van der Waals surface area contributed by atoms with Crippen LogP contribution in [-0.2, 0) is 13.0 Å². The Bertz CT molecular complexity index is 636. The molecule has 0 radical (unpaired) electrons. The SMILES string of the molecule is CNCc1ccc(Oc2cccc3c2OC(C)(C)C3)nc1. The summed E-state index contributed by atoms with van der Waals surface area (Å²) in [7, 11) is 1.91. The Morgan fingerprint density at radius 2 is 2.14 bits per heavy atom. The van der Waals surface area contributed by atoms with Crippen LogP contribution in [0.25, 0.3) is 0 Å². The van der Waals surface area contributed by atoms with Crippen LogP contribution in [0.5, 0.6) is 17.4 Å². The van der Waals surface area contributed by atoms with E-state index in [0.717, 1.165) is 30.0 Å². The van der Waals surface area contributed by atoms with Crippen LogP contribution in [0.1, 0.15) is 25.0 Å². The molecule has 2 heterocycles. The summed E-state index contributed by atoms with van der Waals surface area (Å²) in [6.45, 7) is 4.97. The van der Waals surface area contributed by atoms with Gasteiger partial charge in [0.05, 0.1) is 0 Å². The van der Waals surface area contributed by atoms with E-state index in [1.54, 1.807) is 0 Å². The fourth-order valence-corrected chi connectivity index (χ4v) is 2.56. The van der Waals surface area contributed by atoms with Crippen LogP contribution in [-0.4, -0.2) is 17.6 Å². The summed E-state index contributed by atoms with van der Waals surface area (Å²) in [4.78, 5) is 4.34. The van der Waals surface area contributed by atoms with Crippen LogP contribution < -0.4 is 14.8 Å². The maximum atomic E-state index is 6.00. The number of hydrogen-bond acceptors (Lipinski definition) is 4. The lowest BCUT2D eigenvalue weighted by Crippen LogP contribution is -2.24. The van der Waals surface area contributed by atoms with Crippen LogP contribution in [0.15, 0.2) is 36.5 Å². The molecule has 0 bridgehead atoms. The zero-order valence-corrected chi connectivity index (χ0v) is 12.6. The average Bonchev–Trinajstić information content (AvgIpc) is 2.76. The molecule has 0 saturated carbocycles.